The Labute approximate surface area is 146 Å². The average molecular weight is 349 g/mol. The van der Waals surface area contributed by atoms with Crippen LogP contribution < -0.4 is 10.1 Å². The number of likely N-dealkylation sites (tertiary alicyclic amines) is 1. The second kappa shape index (κ2) is 7.79. The van der Waals surface area contributed by atoms with Gasteiger partial charge in [0, 0.05) is 42.9 Å². The summed E-state index contributed by atoms with van der Waals surface area (Å²) in [6.45, 7) is 2.19. The van der Waals surface area contributed by atoms with Crippen molar-refractivity contribution in [3.8, 4) is 5.75 Å². The molecule has 24 heavy (non-hydrogen) atoms. The van der Waals surface area contributed by atoms with E-state index in [0.717, 1.165) is 37.4 Å². The lowest BCUT2D eigenvalue weighted by Gasteiger charge is -2.32. The molecule has 6 nitrogen and oxygen atoms in total. The molecule has 0 saturated carbocycles. The Morgan fingerprint density at radius 2 is 2.04 bits per heavy atom. The Morgan fingerprint density at radius 3 is 2.79 bits per heavy atom. The molecule has 0 bridgehead atoms. The highest BCUT2D eigenvalue weighted by Crippen LogP contribution is 2.23. The van der Waals surface area contributed by atoms with E-state index >= 15 is 0 Å². The van der Waals surface area contributed by atoms with Gasteiger partial charge >= 0.3 is 6.03 Å². The van der Waals surface area contributed by atoms with E-state index in [0.29, 0.717) is 18.0 Å². The number of nitrogens with zero attached hydrogens (tertiary/aromatic N) is 2. The van der Waals surface area contributed by atoms with Gasteiger partial charge < -0.3 is 19.9 Å². The van der Waals surface area contributed by atoms with E-state index in [1.807, 2.05) is 34.9 Å². The highest BCUT2D eigenvalue weighted by molar-refractivity contribution is 7.99. The molecule has 2 fully saturated rings. The number of thioether (sulfide) groups is 1. The third-order valence-electron chi connectivity index (χ3n) is 4.44. The summed E-state index contributed by atoms with van der Waals surface area (Å²) in [5, 5.41) is 2.88. The minimum atomic E-state index is -0.335. The topological polar surface area (TPSA) is 61.9 Å². The molecule has 2 saturated heterocycles. The fraction of sp³-hybridized carbons (Fsp3) is 0.529. The number of benzene rings is 1. The fourth-order valence-electron chi connectivity index (χ4n) is 3.16. The summed E-state index contributed by atoms with van der Waals surface area (Å²) in [6.07, 6.45) is 1.61. The number of urea groups is 1. The molecule has 0 aromatic heterocycles. The van der Waals surface area contributed by atoms with Crippen molar-refractivity contribution >= 4 is 29.4 Å². The number of rotatable bonds is 3. The quantitative estimate of drug-likeness (QED) is 0.909. The van der Waals surface area contributed by atoms with E-state index in [2.05, 4.69) is 5.32 Å². The van der Waals surface area contributed by atoms with Crippen LogP contribution in [0.4, 0.5) is 10.5 Å². The maximum Gasteiger partial charge on any atom is 0.322 e. The van der Waals surface area contributed by atoms with Crippen LogP contribution in [0.3, 0.4) is 0 Å². The first-order chi connectivity index (χ1) is 11.7. The van der Waals surface area contributed by atoms with Crippen LogP contribution in [0.25, 0.3) is 0 Å². The number of ether oxygens (including phenoxy) is 1. The van der Waals surface area contributed by atoms with Gasteiger partial charge in [-0.1, -0.05) is 6.07 Å². The van der Waals surface area contributed by atoms with Crippen molar-refractivity contribution in [2.45, 2.75) is 18.9 Å². The second-order valence-electron chi connectivity index (χ2n) is 5.95. The molecule has 1 aromatic carbocycles. The molecule has 2 aliphatic rings. The second-order valence-corrected chi connectivity index (χ2v) is 7.18. The molecular formula is C17H23N3O3S. The maximum atomic E-state index is 12.7. The van der Waals surface area contributed by atoms with Gasteiger partial charge in [0.1, 0.15) is 11.8 Å². The Morgan fingerprint density at radius 1 is 1.25 bits per heavy atom. The van der Waals surface area contributed by atoms with Crippen molar-refractivity contribution < 1.29 is 14.3 Å². The van der Waals surface area contributed by atoms with Crippen LogP contribution in [-0.4, -0.2) is 66.0 Å². The summed E-state index contributed by atoms with van der Waals surface area (Å²) in [7, 11) is 1.59. The van der Waals surface area contributed by atoms with Crippen LogP contribution in [0, 0.1) is 0 Å². The summed E-state index contributed by atoms with van der Waals surface area (Å²) < 4.78 is 5.17. The zero-order valence-corrected chi connectivity index (χ0v) is 14.7. The van der Waals surface area contributed by atoms with Gasteiger partial charge in [0.2, 0.25) is 5.91 Å². The van der Waals surface area contributed by atoms with E-state index in [1.54, 1.807) is 18.1 Å². The Hall–Kier alpha value is -1.89. The molecule has 3 amide bonds. The van der Waals surface area contributed by atoms with E-state index in [4.69, 9.17) is 4.74 Å². The van der Waals surface area contributed by atoms with E-state index in [9.17, 15) is 9.59 Å². The van der Waals surface area contributed by atoms with Gasteiger partial charge in [-0.25, -0.2) is 4.79 Å². The summed E-state index contributed by atoms with van der Waals surface area (Å²) in [5.41, 5.74) is 0.673. The predicted octanol–water partition coefficient (Wildman–Crippen LogP) is 2.27. The SMILES string of the molecule is COc1cccc(NC(=O)N2CCCC2C(=O)N2CCSCC2)c1. The van der Waals surface area contributed by atoms with Crippen molar-refractivity contribution in [1.29, 1.82) is 0 Å². The van der Waals surface area contributed by atoms with Crippen LogP contribution in [0.5, 0.6) is 5.75 Å². The van der Waals surface area contributed by atoms with Crippen LogP contribution in [-0.2, 0) is 4.79 Å². The van der Waals surface area contributed by atoms with E-state index in [1.165, 1.54) is 0 Å². The molecule has 2 heterocycles. The molecule has 0 radical (unpaired) electrons. The smallest absolute Gasteiger partial charge is 0.322 e. The number of carbonyl (C=O) groups excluding carboxylic acids is 2. The fourth-order valence-corrected chi connectivity index (χ4v) is 4.06. The number of methoxy groups -OCH3 is 1. The molecule has 0 aliphatic carbocycles. The van der Waals surface area contributed by atoms with Gasteiger partial charge in [-0.2, -0.15) is 11.8 Å². The van der Waals surface area contributed by atoms with E-state index in [-0.39, 0.29) is 18.0 Å². The van der Waals surface area contributed by atoms with E-state index < -0.39 is 0 Å². The minimum Gasteiger partial charge on any atom is -0.497 e. The summed E-state index contributed by atoms with van der Waals surface area (Å²) in [6, 6.07) is 6.68. The monoisotopic (exact) mass is 349 g/mol. The van der Waals surface area contributed by atoms with Crippen molar-refractivity contribution in [3.05, 3.63) is 24.3 Å². The number of anilines is 1. The Kier molecular flexibility index (Phi) is 5.50. The van der Waals surface area contributed by atoms with Gasteiger partial charge in [0.25, 0.3) is 0 Å². The number of carbonyl (C=O) groups is 2. The molecule has 1 atom stereocenters. The average Bonchev–Trinajstić information content (AvgIpc) is 3.12. The van der Waals surface area contributed by atoms with Crippen LogP contribution >= 0.6 is 11.8 Å². The summed E-state index contributed by atoms with van der Waals surface area (Å²) in [4.78, 5) is 28.9. The van der Waals surface area contributed by atoms with Crippen LogP contribution in [0.1, 0.15) is 12.8 Å². The van der Waals surface area contributed by atoms with Gasteiger partial charge in [-0.05, 0) is 25.0 Å². The minimum absolute atomic E-state index is 0.0913. The molecule has 7 heteroatoms. The van der Waals surface area contributed by atoms with Gasteiger partial charge in [0.05, 0.1) is 7.11 Å². The number of nitrogens with one attached hydrogen (secondary N) is 1. The van der Waals surface area contributed by atoms with Crippen molar-refractivity contribution in [1.82, 2.24) is 9.80 Å². The highest BCUT2D eigenvalue weighted by atomic mass is 32.2. The van der Waals surface area contributed by atoms with Crippen LogP contribution in [0.2, 0.25) is 0 Å². The van der Waals surface area contributed by atoms with Gasteiger partial charge in [0.15, 0.2) is 0 Å². The predicted molar refractivity (Wildman–Crippen MR) is 95.6 cm³/mol. The lowest BCUT2D eigenvalue weighted by Crippen LogP contribution is -2.51. The molecule has 2 aliphatic heterocycles. The molecule has 3 rings (SSSR count). The standard InChI is InChI=1S/C17H23N3O3S/c1-23-14-5-2-4-13(12-14)18-17(22)20-7-3-6-15(20)16(21)19-8-10-24-11-9-19/h2,4-5,12,15H,3,6-11H2,1H3,(H,18,22). The Balaban J connectivity index is 1.65. The lowest BCUT2D eigenvalue weighted by atomic mass is 10.2. The lowest BCUT2D eigenvalue weighted by molar-refractivity contribution is -0.134. The van der Waals surface area contributed by atoms with Crippen molar-refractivity contribution in [3.63, 3.8) is 0 Å². The molecule has 130 valence electrons. The Bertz CT molecular complexity index is 604. The molecule has 1 unspecified atom stereocenters. The van der Waals surface area contributed by atoms with Gasteiger partial charge in [-0.15, -0.1) is 0 Å². The van der Waals surface area contributed by atoms with Crippen LogP contribution in [0.15, 0.2) is 24.3 Å². The number of hydrogen-bond acceptors (Lipinski definition) is 4. The first-order valence-corrected chi connectivity index (χ1v) is 9.43. The first-order valence-electron chi connectivity index (χ1n) is 8.27. The zero-order valence-electron chi connectivity index (χ0n) is 13.9. The number of hydrogen-bond donors (Lipinski definition) is 1. The number of amides is 3. The molecule has 1 aromatic rings. The third kappa shape index (κ3) is 3.77. The molecule has 1 N–H and O–H groups in total. The van der Waals surface area contributed by atoms with Crippen molar-refractivity contribution in [2.75, 3.05) is 43.6 Å². The normalized spacial score (nSPS) is 20.8. The summed E-state index contributed by atoms with van der Waals surface area (Å²) >= 11 is 1.87. The molecule has 0 spiro atoms. The van der Waals surface area contributed by atoms with Gasteiger partial charge in [-0.3, -0.25) is 4.79 Å². The molecular weight excluding hydrogens is 326 g/mol. The summed E-state index contributed by atoms with van der Waals surface area (Å²) in [5.74, 6) is 2.74. The highest BCUT2D eigenvalue weighted by Gasteiger charge is 2.36. The van der Waals surface area contributed by atoms with Crippen molar-refractivity contribution in [2.24, 2.45) is 0 Å². The zero-order chi connectivity index (χ0) is 16.9. The first kappa shape index (κ1) is 17.0. The largest absolute Gasteiger partial charge is 0.497 e. The third-order valence-corrected chi connectivity index (χ3v) is 5.38. The maximum absolute atomic E-state index is 12.7.